The van der Waals surface area contributed by atoms with Crippen molar-refractivity contribution in [3.8, 4) is 0 Å². The van der Waals surface area contributed by atoms with Crippen LogP contribution in [0, 0.1) is 13.8 Å². The van der Waals surface area contributed by atoms with Crippen LogP contribution in [0.5, 0.6) is 0 Å². The zero-order chi connectivity index (χ0) is 48.0. The lowest BCUT2D eigenvalue weighted by atomic mass is 9.78. The molecule has 1 atom stereocenters. The van der Waals surface area contributed by atoms with Crippen LogP contribution in [-0.4, -0.2) is 12.0 Å². The first-order valence-electron chi connectivity index (χ1n) is 24.0. The van der Waals surface area contributed by atoms with Gasteiger partial charge in [-0.15, -0.1) is 0 Å². The van der Waals surface area contributed by atoms with Crippen LogP contribution < -0.4 is 14.9 Å². The van der Waals surface area contributed by atoms with Crippen molar-refractivity contribution in [2.45, 2.75) is 85.8 Å². The Hall–Kier alpha value is -6.27. The number of nitrogens with zero attached hydrogens (tertiary/aromatic N) is 2. The molecular weight excluding hydrogens is 865 g/mol. The molecule has 0 fully saturated rings. The highest BCUT2D eigenvalue weighted by Crippen LogP contribution is 2.51. The number of para-hydroxylation sites is 1. The summed E-state index contributed by atoms with van der Waals surface area (Å²) in [5, 5.41) is 1.06. The second-order valence-electron chi connectivity index (χ2n) is 17.3. The van der Waals surface area contributed by atoms with Crippen LogP contribution in [0.2, 0.25) is 0 Å². The largest absolute Gasteiger partial charge is 0.456 e. The molecule has 68 heavy (non-hydrogen) atoms. The fourth-order valence-electron chi connectivity index (χ4n) is 9.16. The molecule has 1 aromatic heterocycles. The number of rotatable bonds is 13. The van der Waals surface area contributed by atoms with E-state index in [4.69, 9.17) is 22.0 Å². The Kier molecular flexibility index (Phi) is 17.6. The van der Waals surface area contributed by atoms with Crippen molar-refractivity contribution in [3.63, 3.8) is 0 Å². The highest BCUT2D eigenvalue weighted by Gasteiger charge is 2.31. The van der Waals surface area contributed by atoms with Gasteiger partial charge in [0, 0.05) is 40.1 Å². The van der Waals surface area contributed by atoms with Crippen molar-refractivity contribution in [1.29, 1.82) is 0 Å². The lowest BCUT2D eigenvalue weighted by Crippen LogP contribution is -2.24. The molecule has 1 aliphatic carbocycles. The summed E-state index contributed by atoms with van der Waals surface area (Å²) >= 11 is 7.02. The summed E-state index contributed by atoms with van der Waals surface area (Å²) in [6.07, 6.45) is 34.8. The molecule has 0 saturated carbocycles. The topological polar surface area (TPSA) is 28.7 Å². The molecule has 1 unspecified atom stereocenters. The third-order valence-corrected chi connectivity index (χ3v) is 14.0. The summed E-state index contributed by atoms with van der Waals surface area (Å²) in [4.78, 5) is 5.58. The zero-order valence-electron chi connectivity index (χ0n) is 40.9. The first kappa shape index (κ1) is 49.6. The number of benzene rings is 4. The summed E-state index contributed by atoms with van der Waals surface area (Å²) in [7, 11) is 0. The Balaban J connectivity index is 1.33. The van der Waals surface area contributed by atoms with E-state index in [0.717, 1.165) is 93.5 Å². The Labute approximate surface area is 416 Å². The Morgan fingerprint density at radius 2 is 1.71 bits per heavy atom. The fraction of sp³-hybridized carbons (Fsp3) is 0.222. The van der Waals surface area contributed by atoms with E-state index in [0.29, 0.717) is 0 Å². The van der Waals surface area contributed by atoms with Gasteiger partial charge in [-0.25, -0.2) is 0 Å². The maximum absolute atomic E-state index is 6.62. The van der Waals surface area contributed by atoms with Gasteiger partial charge >= 0.3 is 0 Å². The number of aryl methyl sites for hydroxylation is 1. The minimum atomic E-state index is -0.0307. The normalized spacial score (nSPS) is 19.6. The molecule has 346 valence electrons. The zero-order valence-corrected chi connectivity index (χ0v) is 42.6. The van der Waals surface area contributed by atoms with Crippen molar-refractivity contribution in [1.82, 2.24) is 0 Å². The van der Waals surface area contributed by atoms with E-state index in [2.05, 4.69) is 211 Å². The molecule has 3 nitrogen and oxygen atoms in total. The van der Waals surface area contributed by atoms with E-state index in [-0.39, 0.29) is 5.25 Å². The standard InChI is InChI=1S/C63H66N2OS2/c1-9-26-50(60-57-41-49(35-36-56(57)63(60)67)48-31-21-15-14-16-24-37-65(68-38-25-32-48)52-33-22-18-23-34-52)43-64-61(45(7)39-47-29-19-17-20-30-47)58-42-51(40-44(6)55(58)27-10-2)54(13-5)62-53(12-4)46(8)59(66-62)28-11-3/h9,11-14,16-20,22-26,28-37,40-43,63,67H,5,10,15,21,27,38-39H2,1-4,6-8H3/b16-14-,26-9-,28-11-,32-25-,37-24-,48-31+,53-12-,60-50+,61-45-,62-54-,64-43+. The Morgan fingerprint density at radius 3 is 2.43 bits per heavy atom. The number of aliphatic imine (C=N–C) groups is 1. The minimum Gasteiger partial charge on any atom is -0.456 e. The molecule has 2 heterocycles. The van der Waals surface area contributed by atoms with E-state index in [1.165, 1.54) is 50.1 Å². The molecule has 4 aromatic carbocycles. The van der Waals surface area contributed by atoms with Crippen molar-refractivity contribution >= 4 is 71.0 Å². The maximum Gasteiger partial charge on any atom is 0.142 e. The molecule has 7 rings (SSSR count). The number of anilines is 1. The summed E-state index contributed by atoms with van der Waals surface area (Å²) in [5.74, 6) is 1.70. The number of furan rings is 1. The van der Waals surface area contributed by atoms with Crippen molar-refractivity contribution in [2.24, 2.45) is 4.99 Å². The molecule has 0 saturated heterocycles. The number of fused-ring (bicyclic) bond motifs is 1. The molecule has 0 spiro atoms. The van der Waals surface area contributed by atoms with Gasteiger partial charge in [-0.1, -0.05) is 147 Å². The molecular formula is C63H66N2OS2. The molecule has 0 N–H and O–H groups in total. The number of hydrogen-bond donors (Lipinski definition) is 1. The lowest BCUT2D eigenvalue weighted by molar-refractivity contribution is 0.518. The van der Waals surface area contributed by atoms with Gasteiger partial charge in [0.25, 0.3) is 0 Å². The lowest BCUT2D eigenvalue weighted by Gasteiger charge is -2.32. The number of hydrogen-bond acceptors (Lipinski definition) is 5. The number of thiol groups is 1. The third-order valence-electron chi connectivity index (χ3n) is 12.6. The quantitative estimate of drug-likeness (QED) is 0.0725. The smallest absolute Gasteiger partial charge is 0.142 e. The van der Waals surface area contributed by atoms with Crippen LogP contribution in [0.3, 0.4) is 0 Å². The predicted molar refractivity (Wildman–Crippen MR) is 303 cm³/mol. The average Bonchev–Trinajstić information content (AvgIpc) is 3.66. The van der Waals surface area contributed by atoms with Crippen molar-refractivity contribution in [3.05, 3.63) is 242 Å². The summed E-state index contributed by atoms with van der Waals surface area (Å²) in [5.41, 5.74) is 19.4. The monoisotopic (exact) mass is 930 g/mol. The summed E-state index contributed by atoms with van der Waals surface area (Å²) < 4.78 is 8.86. The second kappa shape index (κ2) is 24.1. The van der Waals surface area contributed by atoms with Crippen LogP contribution in [-0.2, 0) is 12.8 Å². The van der Waals surface area contributed by atoms with Crippen molar-refractivity contribution in [2.75, 3.05) is 10.1 Å². The third kappa shape index (κ3) is 11.5. The molecule has 1 aliphatic heterocycles. The van der Waals surface area contributed by atoms with E-state index in [1.54, 1.807) is 11.9 Å². The SMILES string of the molecule is C=C/C(c1cc(C)c(CCC)c(C(/N=C/C(/C=C\C)=C2\c3cc(C4=C/CC/C=C\C=C/N(c5ccccc5)SC/C=C\4)ccc3C2S)=C(\C)Cc2ccccc2)c1)=c1/oc(/C=C\C)c(C)/c1=C/C. The van der Waals surface area contributed by atoms with Crippen LogP contribution in [0.4, 0.5) is 5.69 Å². The van der Waals surface area contributed by atoms with Crippen LogP contribution in [0.15, 0.2) is 185 Å². The molecule has 5 aromatic rings. The highest BCUT2D eigenvalue weighted by molar-refractivity contribution is 8.00. The predicted octanol–water partition coefficient (Wildman–Crippen LogP) is 16.1. The van der Waals surface area contributed by atoms with Gasteiger partial charge in [-0.05, 0) is 177 Å². The van der Waals surface area contributed by atoms with Gasteiger partial charge in [0.15, 0.2) is 0 Å². The second-order valence-corrected chi connectivity index (χ2v) is 18.8. The van der Waals surface area contributed by atoms with E-state index in [1.807, 2.05) is 25.2 Å². The van der Waals surface area contributed by atoms with Crippen LogP contribution in [0.1, 0.15) is 115 Å². The molecule has 5 heteroatoms. The van der Waals surface area contributed by atoms with Gasteiger partial charge < -0.3 is 4.42 Å². The van der Waals surface area contributed by atoms with Crippen molar-refractivity contribution < 1.29 is 4.42 Å². The first-order chi connectivity index (χ1) is 33.2. The highest BCUT2D eigenvalue weighted by atomic mass is 32.2. The molecule has 0 radical (unpaired) electrons. The van der Waals surface area contributed by atoms with Crippen LogP contribution in [0.25, 0.3) is 34.6 Å². The minimum absolute atomic E-state index is 0.0307. The van der Waals surface area contributed by atoms with Gasteiger partial charge in [-0.3, -0.25) is 9.30 Å². The van der Waals surface area contributed by atoms with E-state index < -0.39 is 0 Å². The molecule has 0 amide bonds. The van der Waals surface area contributed by atoms with Gasteiger partial charge in [0.1, 0.15) is 11.2 Å². The van der Waals surface area contributed by atoms with E-state index in [9.17, 15) is 0 Å². The Morgan fingerprint density at radius 1 is 0.926 bits per heavy atom. The van der Waals surface area contributed by atoms with Gasteiger partial charge in [0.05, 0.1) is 16.6 Å². The van der Waals surface area contributed by atoms with E-state index >= 15 is 0 Å². The van der Waals surface area contributed by atoms with Gasteiger partial charge in [-0.2, -0.15) is 12.6 Å². The van der Waals surface area contributed by atoms with Gasteiger partial charge in [0.2, 0.25) is 0 Å². The average molecular weight is 931 g/mol. The number of allylic oxidation sites excluding steroid dienone is 12. The van der Waals surface area contributed by atoms with Crippen LogP contribution >= 0.6 is 24.6 Å². The summed E-state index contributed by atoms with van der Waals surface area (Å²) in [6.45, 7) is 19.4. The molecule has 0 bridgehead atoms. The Bertz CT molecular complexity index is 3020. The maximum atomic E-state index is 6.62. The molecule has 2 aliphatic rings. The fourth-order valence-corrected chi connectivity index (χ4v) is 10.4. The first-order valence-corrected chi connectivity index (χ1v) is 25.5. The summed E-state index contributed by atoms with van der Waals surface area (Å²) in [6, 6.07) is 32.8.